The first-order valence-electron chi connectivity index (χ1n) is 10.5. The van der Waals surface area contributed by atoms with Crippen LogP contribution in [0.25, 0.3) is 0 Å². The van der Waals surface area contributed by atoms with Crippen molar-refractivity contribution in [3.8, 4) is 11.5 Å². The molecule has 2 aromatic rings. The molecule has 1 amide bonds. The molecule has 31 heavy (non-hydrogen) atoms. The highest BCUT2D eigenvalue weighted by Gasteiger charge is 2.33. The zero-order chi connectivity index (χ0) is 21.2. The fraction of sp³-hybridized carbons (Fsp3) is 0.391. The average Bonchev–Trinajstić information content (AvgIpc) is 3.43. The van der Waals surface area contributed by atoms with E-state index in [-0.39, 0.29) is 18.5 Å². The standard InChI is InChI=1S/C23H24FN3O4/c24-18-3-1-2-16(10-18)11-19-13-22(31-25-19)23(28)27-8-6-26(7-9-27)14-17-4-5-20-21(12-17)30-15-29-20/h1-5,10,12,22H,6-9,11,13-15H2. The molecule has 162 valence electrons. The van der Waals surface area contributed by atoms with Crippen molar-refractivity contribution >= 4 is 11.6 Å². The molecule has 0 radical (unpaired) electrons. The highest BCUT2D eigenvalue weighted by Crippen LogP contribution is 2.32. The summed E-state index contributed by atoms with van der Waals surface area (Å²) in [5, 5.41) is 4.07. The van der Waals surface area contributed by atoms with Crippen LogP contribution in [0.4, 0.5) is 4.39 Å². The topological polar surface area (TPSA) is 63.6 Å². The summed E-state index contributed by atoms with van der Waals surface area (Å²) in [5.41, 5.74) is 2.76. The van der Waals surface area contributed by atoms with E-state index in [2.05, 4.69) is 16.1 Å². The largest absolute Gasteiger partial charge is 0.454 e. The number of halogens is 1. The van der Waals surface area contributed by atoms with E-state index in [0.717, 1.165) is 42.4 Å². The third-order valence-electron chi connectivity index (χ3n) is 5.83. The van der Waals surface area contributed by atoms with E-state index in [9.17, 15) is 9.18 Å². The number of rotatable bonds is 5. The number of oxime groups is 1. The van der Waals surface area contributed by atoms with Gasteiger partial charge in [0.25, 0.3) is 5.91 Å². The van der Waals surface area contributed by atoms with Crippen LogP contribution in [0.15, 0.2) is 47.6 Å². The van der Waals surface area contributed by atoms with Crippen molar-refractivity contribution in [2.45, 2.75) is 25.5 Å². The van der Waals surface area contributed by atoms with E-state index in [1.54, 1.807) is 6.07 Å². The highest BCUT2D eigenvalue weighted by molar-refractivity contribution is 5.94. The Kier molecular flexibility index (Phi) is 5.46. The number of ether oxygens (including phenoxy) is 2. The van der Waals surface area contributed by atoms with Crippen LogP contribution < -0.4 is 9.47 Å². The van der Waals surface area contributed by atoms with Crippen LogP contribution in [0.5, 0.6) is 11.5 Å². The maximum atomic E-state index is 13.4. The molecular formula is C23H24FN3O4. The minimum Gasteiger partial charge on any atom is -0.454 e. The average molecular weight is 425 g/mol. The normalized spacial score (nSPS) is 20.5. The van der Waals surface area contributed by atoms with Gasteiger partial charge in [0.1, 0.15) is 5.82 Å². The molecule has 7 nitrogen and oxygen atoms in total. The van der Waals surface area contributed by atoms with Gasteiger partial charge in [-0.05, 0) is 35.4 Å². The number of piperazine rings is 1. The molecule has 0 aliphatic carbocycles. The van der Waals surface area contributed by atoms with Crippen LogP contribution in [0.2, 0.25) is 0 Å². The van der Waals surface area contributed by atoms with Crippen molar-refractivity contribution in [3.05, 3.63) is 59.4 Å². The van der Waals surface area contributed by atoms with Crippen LogP contribution in [0.1, 0.15) is 17.5 Å². The first kappa shape index (κ1) is 19.8. The van der Waals surface area contributed by atoms with E-state index in [4.69, 9.17) is 14.3 Å². The summed E-state index contributed by atoms with van der Waals surface area (Å²) in [6, 6.07) is 12.4. The molecule has 0 saturated carbocycles. The van der Waals surface area contributed by atoms with Gasteiger partial charge in [0.2, 0.25) is 12.9 Å². The molecule has 1 unspecified atom stereocenters. The van der Waals surface area contributed by atoms with Crippen molar-refractivity contribution in [2.24, 2.45) is 5.16 Å². The third kappa shape index (κ3) is 4.49. The van der Waals surface area contributed by atoms with Crippen molar-refractivity contribution in [2.75, 3.05) is 33.0 Å². The Hall–Kier alpha value is -3.13. The highest BCUT2D eigenvalue weighted by atomic mass is 19.1. The number of carbonyl (C=O) groups excluding carboxylic acids is 1. The quantitative estimate of drug-likeness (QED) is 0.737. The molecule has 8 heteroatoms. The molecule has 0 spiro atoms. The number of carbonyl (C=O) groups is 1. The molecule has 0 bridgehead atoms. The van der Waals surface area contributed by atoms with Gasteiger partial charge in [-0.15, -0.1) is 0 Å². The lowest BCUT2D eigenvalue weighted by molar-refractivity contribution is -0.143. The molecule has 3 aliphatic heterocycles. The Morgan fingerprint density at radius 2 is 1.87 bits per heavy atom. The van der Waals surface area contributed by atoms with Crippen LogP contribution >= 0.6 is 0 Å². The third-order valence-corrected chi connectivity index (χ3v) is 5.83. The molecular weight excluding hydrogens is 401 g/mol. The Morgan fingerprint density at radius 3 is 2.71 bits per heavy atom. The second kappa shape index (κ2) is 8.55. The lowest BCUT2D eigenvalue weighted by Gasteiger charge is -2.35. The molecule has 5 rings (SSSR count). The SMILES string of the molecule is O=C(C1CC(Cc2cccc(F)c2)=NO1)N1CCN(Cc2ccc3c(c2)OCO3)CC1. The number of hydrogen-bond donors (Lipinski definition) is 0. The van der Waals surface area contributed by atoms with Gasteiger partial charge in [0.05, 0.1) is 5.71 Å². The summed E-state index contributed by atoms with van der Waals surface area (Å²) in [4.78, 5) is 22.4. The fourth-order valence-corrected chi connectivity index (χ4v) is 4.17. The molecule has 3 heterocycles. The zero-order valence-electron chi connectivity index (χ0n) is 17.1. The van der Waals surface area contributed by atoms with Gasteiger partial charge in [0, 0.05) is 45.6 Å². The summed E-state index contributed by atoms with van der Waals surface area (Å²) >= 11 is 0. The fourth-order valence-electron chi connectivity index (χ4n) is 4.17. The summed E-state index contributed by atoms with van der Waals surface area (Å²) in [5.74, 6) is 1.28. The summed E-state index contributed by atoms with van der Waals surface area (Å²) in [6.07, 6.45) is 0.362. The van der Waals surface area contributed by atoms with Gasteiger partial charge in [0.15, 0.2) is 11.5 Å². The first-order valence-corrected chi connectivity index (χ1v) is 10.5. The Balaban J connectivity index is 1.10. The second-order valence-corrected chi connectivity index (χ2v) is 8.05. The number of amides is 1. The van der Waals surface area contributed by atoms with Crippen LogP contribution in [0.3, 0.4) is 0 Å². The molecule has 1 saturated heterocycles. The first-order chi connectivity index (χ1) is 15.1. The van der Waals surface area contributed by atoms with E-state index in [0.29, 0.717) is 25.9 Å². The summed E-state index contributed by atoms with van der Waals surface area (Å²) in [6.45, 7) is 3.98. The number of fused-ring (bicyclic) bond motifs is 1. The van der Waals surface area contributed by atoms with E-state index >= 15 is 0 Å². The summed E-state index contributed by atoms with van der Waals surface area (Å²) in [7, 11) is 0. The smallest absolute Gasteiger partial charge is 0.266 e. The van der Waals surface area contributed by atoms with Crippen molar-refractivity contribution in [1.29, 1.82) is 0 Å². The zero-order valence-corrected chi connectivity index (χ0v) is 17.1. The molecule has 0 N–H and O–H groups in total. The maximum absolute atomic E-state index is 13.4. The van der Waals surface area contributed by atoms with E-state index < -0.39 is 6.10 Å². The van der Waals surface area contributed by atoms with E-state index in [1.807, 2.05) is 23.1 Å². The predicted octanol–water partition coefficient (Wildman–Crippen LogP) is 2.59. The van der Waals surface area contributed by atoms with Gasteiger partial charge in [-0.25, -0.2) is 4.39 Å². The molecule has 2 aromatic carbocycles. The molecule has 1 atom stereocenters. The molecule has 3 aliphatic rings. The second-order valence-electron chi connectivity index (χ2n) is 8.05. The Morgan fingerprint density at radius 1 is 1.03 bits per heavy atom. The monoisotopic (exact) mass is 425 g/mol. The number of benzene rings is 2. The molecule has 0 aromatic heterocycles. The Bertz CT molecular complexity index is 1000. The van der Waals surface area contributed by atoms with Crippen molar-refractivity contribution in [3.63, 3.8) is 0 Å². The van der Waals surface area contributed by atoms with E-state index in [1.165, 1.54) is 17.7 Å². The maximum Gasteiger partial charge on any atom is 0.266 e. The number of hydrogen-bond acceptors (Lipinski definition) is 6. The Labute approximate surface area is 180 Å². The van der Waals surface area contributed by atoms with Crippen molar-refractivity contribution in [1.82, 2.24) is 9.80 Å². The van der Waals surface area contributed by atoms with Gasteiger partial charge in [-0.3, -0.25) is 9.69 Å². The lowest BCUT2D eigenvalue weighted by Crippen LogP contribution is -2.51. The van der Waals surface area contributed by atoms with Crippen LogP contribution in [-0.2, 0) is 22.6 Å². The van der Waals surface area contributed by atoms with Gasteiger partial charge < -0.3 is 19.2 Å². The lowest BCUT2D eigenvalue weighted by atomic mass is 10.0. The van der Waals surface area contributed by atoms with Gasteiger partial charge >= 0.3 is 0 Å². The minimum absolute atomic E-state index is 0.0271. The predicted molar refractivity (Wildman–Crippen MR) is 111 cm³/mol. The van der Waals surface area contributed by atoms with Crippen molar-refractivity contribution < 1.29 is 23.5 Å². The van der Waals surface area contributed by atoms with Crippen LogP contribution in [-0.4, -0.2) is 60.5 Å². The minimum atomic E-state index is -0.580. The van der Waals surface area contributed by atoms with Gasteiger partial charge in [-0.1, -0.05) is 23.4 Å². The summed E-state index contributed by atoms with van der Waals surface area (Å²) < 4.78 is 24.2. The molecule has 1 fully saturated rings. The van der Waals surface area contributed by atoms with Crippen LogP contribution in [0, 0.1) is 5.82 Å². The number of nitrogens with zero attached hydrogens (tertiary/aromatic N) is 3. The van der Waals surface area contributed by atoms with Gasteiger partial charge in [-0.2, -0.15) is 0 Å².